The standard InChI is InChI=1S/C15H26N2O3S/c1-4-20-13-12-17(3)21(18,19)15-9-7-14(8-10-15)6-5-11-16-2/h7-10,16H,4-6,11-13H2,1-3H3. The molecule has 1 aromatic rings. The maximum absolute atomic E-state index is 12.4. The van der Waals surface area contributed by atoms with Crippen LogP contribution in [0.15, 0.2) is 29.2 Å². The molecule has 0 amide bonds. The summed E-state index contributed by atoms with van der Waals surface area (Å²) >= 11 is 0. The molecule has 5 nitrogen and oxygen atoms in total. The van der Waals surface area contributed by atoms with Crippen LogP contribution < -0.4 is 5.32 Å². The van der Waals surface area contributed by atoms with Crippen LogP contribution in [0.2, 0.25) is 0 Å². The van der Waals surface area contributed by atoms with Crippen LogP contribution in [0, 0.1) is 0 Å². The minimum Gasteiger partial charge on any atom is -0.380 e. The zero-order valence-electron chi connectivity index (χ0n) is 13.1. The van der Waals surface area contributed by atoms with E-state index in [4.69, 9.17) is 4.74 Å². The summed E-state index contributed by atoms with van der Waals surface area (Å²) in [5.41, 5.74) is 1.15. The largest absolute Gasteiger partial charge is 0.380 e. The van der Waals surface area contributed by atoms with Crippen molar-refractivity contribution in [1.29, 1.82) is 0 Å². The van der Waals surface area contributed by atoms with Gasteiger partial charge in [-0.1, -0.05) is 12.1 Å². The topological polar surface area (TPSA) is 58.6 Å². The summed E-state index contributed by atoms with van der Waals surface area (Å²) in [5, 5.41) is 3.10. The predicted octanol–water partition coefficient (Wildman–Crippen LogP) is 1.50. The van der Waals surface area contributed by atoms with Gasteiger partial charge in [0.05, 0.1) is 11.5 Å². The van der Waals surface area contributed by atoms with E-state index in [-0.39, 0.29) is 0 Å². The van der Waals surface area contributed by atoms with Crippen molar-refractivity contribution in [3.63, 3.8) is 0 Å². The molecular formula is C15H26N2O3S. The first-order valence-electron chi connectivity index (χ1n) is 7.30. The zero-order chi connectivity index (χ0) is 15.7. The molecule has 0 atom stereocenters. The van der Waals surface area contributed by atoms with Crippen molar-refractivity contribution in [3.05, 3.63) is 29.8 Å². The molecule has 21 heavy (non-hydrogen) atoms. The molecule has 0 bridgehead atoms. The number of nitrogens with zero attached hydrogens (tertiary/aromatic N) is 1. The average Bonchev–Trinajstić information content (AvgIpc) is 2.48. The Balaban J connectivity index is 2.66. The average molecular weight is 314 g/mol. The van der Waals surface area contributed by atoms with Crippen molar-refractivity contribution >= 4 is 10.0 Å². The Hall–Kier alpha value is -0.950. The Bertz CT molecular complexity index is 500. The lowest BCUT2D eigenvalue weighted by atomic mass is 10.1. The molecule has 0 aromatic heterocycles. The fourth-order valence-corrected chi connectivity index (χ4v) is 3.09. The molecular weight excluding hydrogens is 288 g/mol. The van der Waals surface area contributed by atoms with Crippen LogP contribution in [0.1, 0.15) is 18.9 Å². The molecule has 0 aliphatic heterocycles. The van der Waals surface area contributed by atoms with Gasteiger partial charge >= 0.3 is 0 Å². The van der Waals surface area contributed by atoms with E-state index >= 15 is 0 Å². The van der Waals surface area contributed by atoms with E-state index in [1.165, 1.54) is 4.31 Å². The van der Waals surface area contributed by atoms with Crippen LogP contribution in [-0.2, 0) is 21.2 Å². The first-order chi connectivity index (χ1) is 10.0. The molecule has 0 saturated carbocycles. The summed E-state index contributed by atoms with van der Waals surface area (Å²) in [6.45, 7) is 4.21. The van der Waals surface area contributed by atoms with Crippen LogP contribution in [0.4, 0.5) is 0 Å². The SMILES string of the molecule is CCOCCN(C)S(=O)(=O)c1ccc(CCCNC)cc1. The third kappa shape index (κ3) is 5.74. The maximum atomic E-state index is 12.4. The number of hydrogen-bond acceptors (Lipinski definition) is 4. The Morgan fingerprint density at radius 1 is 1.24 bits per heavy atom. The molecule has 0 radical (unpaired) electrons. The molecule has 0 spiro atoms. The molecule has 1 rings (SSSR count). The second kappa shape index (κ2) is 9.15. The third-order valence-corrected chi connectivity index (χ3v) is 5.15. The van der Waals surface area contributed by atoms with Crippen molar-refractivity contribution in [2.24, 2.45) is 0 Å². The van der Waals surface area contributed by atoms with E-state index in [0.717, 1.165) is 24.9 Å². The number of benzene rings is 1. The Labute approximate surface area is 128 Å². The van der Waals surface area contributed by atoms with Gasteiger partial charge in [0.25, 0.3) is 0 Å². The Morgan fingerprint density at radius 3 is 2.48 bits per heavy atom. The van der Waals surface area contributed by atoms with E-state index in [1.807, 2.05) is 26.1 Å². The lowest BCUT2D eigenvalue weighted by Crippen LogP contribution is -2.30. The van der Waals surface area contributed by atoms with Gasteiger partial charge in [-0.15, -0.1) is 0 Å². The number of hydrogen-bond donors (Lipinski definition) is 1. The van der Waals surface area contributed by atoms with Crippen LogP contribution in [-0.4, -0.2) is 53.1 Å². The van der Waals surface area contributed by atoms with Crippen LogP contribution in [0.5, 0.6) is 0 Å². The molecule has 0 aliphatic rings. The smallest absolute Gasteiger partial charge is 0.242 e. The highest BCUT2D eigenvalue weighted by molar-refractivity contribution is 7.89. The summed E-state index contributed by atoms with van der Waals surface area (Å²) in [6.07, 6.45) is 1.98. The molecule has 1 N–H and O–H groups in total. The molecule has 6 heteroatoms. The van der Waals surface area contributed by atoms with Crippen LogP contribution in [0.3, 0.4) is 0 Å². The van der Waals surface area contributed by atoms with E-state index in [1.54, 1.807) is 19.2 Å². The number of sulfonamides is 1. The predicted molar refractivity (Wildman–Crippen MR) is 85.0 cm³/mol. The highest BCUT2D eigenvalue weighted by atomic mass is 32.2. The third-order valence-electron chi connectivity index (χ3n) is 3.28. The summed E-state index contributed by atoms with van der Waals surface area (Å²) in [6, 6.07) is 7.14. The monoisotopic (exact) mass is 314 g/mol. The second-order valence-electron chi connectivity index (χ2n) is 4.87. The van der Waals surface area contributed by atoms with Gasteiger partial charge in [0, 0.05) is 20.2 Å². The minimum absolute atomic E-state index is 0.332. The van der Waals surface area contributed by atoms with Gasteiger partial charge in [-0.25, -0.2) is 8.42 Å². The first-order valence-corrected chi connectivity index (χ1v) is 8.74. The van der Waals surface area contributed by atoms with Crippen LogP contribution >= 0.6 is 0 Å². The summed E-state index contributed by atoms with van der Waals surface area (Å²) < 4.78 is 31.2. The normalized spacial score (nSPS) is 12.0. The number of aryl methyl sites for hydroxylation is 1. The molecule has 1 aromatic carbocycles. The highest BCUT2D eigenvalue weighted by Gasteiger charge is 2.20. The zero-order valence-corrected chi connectivity index (χ0v) is 13.9. The molecule has 120 valence electrons. The van der Waals surface area contributed by atoms with Gasteiger partial charge in [0.15, 0.2) is 0 Å². The van der Waals surface area contributed by atoms with Gasteiger partial charge in [-0.05, 0) is 51.1 Å². The summed E-state index contributed by atoms with van der Waals surface area (Å²) in [7, 11) is 0.0825. The van der Waals surface area contributed by atoms with Gasteiger partial charge in [-0.2, -0.15) is 4.31 Å². The van der Waals surface area contributed by atoms with Crippen molar-refractivity contribution in [2.45, 2.75) is 24.7 Å². The van der Waals surface area contributed by atoms with E-state index in [0.29, 0.717) is 24.7 Å². The molecule has 0 unspecified atom stereocenters. The van der Waals surface area contributed by atoms with Crippen molar-refractivity contribution in [2.75, 3.05) is 40.4 Å². The van der Waals surface area contributed by atoms with Crippen LogP contribution in [0.25, 0.3) is 0 Å². The summed E-state index contributed by atoms with van der Waals surface area (Å²) in [4.78, 5) is 0.332. The molecule has 0 fully saturated rings. The highest BCUT2D eigenvalue weighted by Crippen LogP contribution is 2.15. The number of rotatable bonds is 10. The molecule has 0 saturated heterocycles. The number of likely N-dealkylation sites (N-methyl/N-ethyl adjacent to an activating group) is 1. The number of ether oxygens (including phenoxy) is 1. The van der Waals surface area contributed by atoms with Gasteiger partial charge < -0.3 is 10.1 Å². The Kier molecular flexibility index (Phi) is 7.88. The minimum atomic E-state index is -3.42. The van der Waals surface area contributed by atoms with E-state index in [9.17, 15) is 8.42 Å². The lowest BCUT2D eigenvalue weighted by Gasteiger charge is -2.17. The number of nitrogens with one attached hydrogen (secondary N) is 1. The van der Waals surface area contributed by atoms with Crippen molar-refractivity contribution in [1.82, 2.24) is 9.62 Å². The van der Waals surface area contributed by atoms with Gasteiger partial charge in [0.2, 0.25) is 10.0 Å². The maximum Gasteiger partial charge on any atom is 0.242 e. The van der Waals surface area contributed by atoms with Crippen molar-refractivity contribution < 1.29 is 13.2 Å². The Morgan fingerprint density at radius 2 is 1.90 bits per heavy atom. The van der Waals surface area contributed by atoms with Gasteiger partial charge in [0.1, 0.15) is 0 Å². The molecule has 0 aliphatic carbocycles. The van der Waals surface area contributed by atoms with E-state index < -0.39 is 10.0 Å². The first kappa shape index (κ1) is 18.1. The molecule has 0 heterocycles. The van der Waals surface area contributed by atoms with Crippen molar-refractivity contribution in [3.8, 4) is 0 Å². The fraction of sp³-hybridized carbons (Fsp3) is 0.600. The summed E-state index contributed by atoms with van der Waals surface area (Å²) in [5.74, 6) is 0. The van der Waals surface area contributed by atoms with E-state index in [2.05, 4.69) is 5.32 Å². The van der Waals surface area contributed by atoms with Gasteiger partial charge in [-0.3, -0.25) is 0 Å². The fourth-order valence-electron chi connectivity index (χ4n) is 1.93. The lowest BCUT2D eigenvalue weighted by molar-refractivity contribution is 0.138. The quantitative estimate of drug-likeness (QED) is 0.665. The second-order valence-corrected chi connectivity index (χ2v) is 6.92.